The molecule has 0 aromatic carbocycles. The van der Waals surface area contributed by atoms with Gasteiger partial charge in [0.1, 0.15) is 0 Å². The molecule has 3 saturated heterocycles. The van der Waals surface area contributed by atoms with Gasteiger partial charge >= 0.3 is 0 Å². The van der Waals surface area contributed by atoms with Crippen molar-refractivity contribution in [2.75, 3.05) is 26.4 Å². The summed E-state index contributed by atoms with van der Waals surface area (Å²) in [5, 5.41) is 0. The first-order valence-electron chi connectivity index (χ1n) is 8.11. The fourth-order valence-electron chi connectivity index (χ4n) is 3.96. The van der Waals surface area contributed by atoms with E-state index in [1.165, 1.54) is 12.8 Å². The lowest BCUT2D eigenvalue weighted by atomic mass is 9.79. The zero-order valence-corrected chi connectivity index (χ0v) is 12.3. The van der Waals surface area contributed by atoms with Crippen molar-refractivity contribution < 1.29 is 14.2 Å². The van der Waals surface area contributed by atoms with Crippen LogP contribution in [0.4, 0.5) is 0 Å². The Hall–Kier alpha value is -0.200. The summed E-state index contributed by atoms with van der Waals surface area (Å²) >= 11 is 0. The lowest BCUT2D eigenvalue weighted by Gasteiger charge is -2.40. The molecule has 0 aromatic rings. The first kappa shape index (κ1) is 14.7. The average molecular weight is 284 g/mol. The van der Waals surface area contributed by atoms with Crippen LogP contribution in [0.1, 0.15) is 44.9 Å². The highest BCUT2D eigenvalue weighted by Crippen LogP contribution is 2.38. The summed E-state index contributed by atoms with van der Waals surface area (Å²) in [4.78, 5) is 0. The second kappa shape index (κ2) is 6.71. The Balaban J connectivity index is 1.51. The van der Waals surface area contributed by atoms with E-state index in [0.29, 0.717) is 18.1 Å². The van der Waals surface area contributed by atoms with Crippen LogP contribution in [0.15, 0.2) is 0 Å². The molecule has 3 heterocycles. The predicted molar refractivity (Wildman–Crippen MR) is 76.2 cm³/mol. The molecule has 1 spiro atoms. The number of nitrogens with one attached hydrogen (secondary N) is 1. The molecule has 0 saturated carbocycles. The van der Waals surface area contributed by atoms with Crippen molar-refractivity contribution in [2.24, 2.45) is 11.8 Å². The Morgan fingerprint density at radius 1 is 1.25 bits per heavy atom. The second-order valence-corrected chi connectivity index (χ2v) is 6.57. The summed E-state index contributed by atoms with van der Waals surface area (Å²) in [5.41, 5.74) is 3.02. The van der Waals surface area contributed by atoms with Crippen LogP contribution < -0.4 is 11.3 Å². The normalized spacial score (nSPS) is 39.5. The number of ether oxygens (including phenoxy) is 3. The zero-order valence-electron chi connectivity index (χ0n) is 12.3. The summed E-state index contributed by atoms with van der Waals surface area (Å²) < 4.78 is 17.3. The number of hydrogen-bond acceptors (Lipinski definition) is 5. The SMILES string of the molecule is NNC(CCC1CCCO1)C1CCOC2(CCOC2)C1. The maximum Gasteiger partial charge on any atom is 0.0939 e. The van der Waals surface area contributed by atoms with Gasteiger partial charge in [0, 0.05) is 32.3 Å². The molecule has 0 aromatic heterocycles. The smallest absolute Gasteiger partial charge is 0.0939 e. The van der Waals surface area contributed by atoms with Gasteiger partial charge in [-0.1, -0.05) is 0 Å². The molecule has 4 unspecified atom stereocenters. The van der Waals surface area contributed by atoms with Gasteiger partial charge in [-0.15, -0.1) is 0 Å². The van der Waals surface area contributed by atoms with E-state index in [0.717, 1.165) is 58.5 Å². The van der Waals surface area contributed by atoms with E-state index in [2.05, 4.69) is 5.43 Å². The summed E-state index contributed by atoms with van der Waals surface area (Å²) in [7, 11) is 0. The molecule has 3 aliphatic heterocycles. The number of hydrazine groups is 1. The molecule has 3 aliphatic rings. The highest BCUT2D eigenvalue weighted by molar-refractivity contribution is 4.93. The quantitative estimate of drug-likeness (QED) is 0.589. The molecule has 3 rings (SSSR count). The Morgan fingerprint density at radius 3 is 2.90 bits per heavy atom. The van der Waals surface area contributed by atoms with Crippen LogP contribution in [0.2, 0.25) is 0 Å². The van der Waals surface area contributed by atoms with Crippen molar-refractivity contribution in [2.45, 2.75) is 62.7 Å². The predicted octanol–water partition coefficient (Wildman–Crippen LogP) is 1.36. The third-order valence-electron chi connectivity index (χ3n) is 5.20. The Kier molecular flexibility index (Phi) is 4.94. The fraction of sp³-hybridized carbons (Fsp3) is 1.00. The Labute approximate surface area is 121 Å². The van der Waals surface area contributed by atoms with Crippen molar-refractivity contribution in [3.63, 3.8) is 0 Å². The van der Waals surface area contributed by atoms with E-state index in [-0.39, 0.29) is 5.60 Å². The third kappa shape index (κ3) is 3.34. The first-order valence-corrected chi connectivity index (χ1v) is 8.11. The molecule has 5 heteroatoms. The van der Waals surface area contributed by atoms with Crippen molar-refractivity contribution in [1.29, 1.82) is 0 Å². The van der Waals surface area contributed by atoms with Crippen molar-refractivity contribution in [3.05, 3.63) is 0 Å². The third-order valence-corrected chi connectivity index (χ3v) is 5.20. The van der Waals surface area contributed by atoms with E-state index in [1.807, 2.05) is 0 Å². The number of nitrogens with two attached hydrogens (primary N) is 1. The van der Waals surface area contributed by atoms with Crippen LogP contribution >= 0.6 is 0 Å². The molecule has 0 radical (unpaired) electrons. The van der Waals surface area contributed by atoms with Crippen LogP contribution in [0, 0.1) is 5.92 Å². The van der Waals surface area contributed by atoms with Gasteiger partial charge in [-0.25, -0.2) is 0 Å². The topological polar surface area (TPSA) is 65.7 Å². The monoisotopic (exact) mass is 284 g/mol. The minimum atomic E-state index is -0.0259. The molecule has 20 heavy (non-hydrogen) atoms. The summed E-state index contributed by atoms with van der Waals surface area (Å²) in [6, 6.07) is 0.376. The van der Waals surface area contributed by atoms with Crippen molar-refractivity contribution in [1.82, 2.24) is 5.43 Å². The van der Waals surface area contributed by atoms with Gasteiger partial charge in [0.25, 0.3) is 0 Å². The van der Waals surface area contributed by atoms with E-state index in [4.69, 9.17) is 20.1 Å². The molecule has 116 valence electrons. The highest BCUT2D eigenvalue weighted by Gasteiger charge is 2.42. The van der Waals surface area contributed by atoms with Crippen LogP contribution in [0.3, 0.4) is 0 Å². The van der Waals surface area contributed by atoms with Crippen molar-refractivity contribution in [3.8, 4) is 0 Å². The molecule has 0 amide bonds. The van der Waals surface area contributed by atoms with Crippen LogP contribution in [-0.4, -0.2) is 44.2 Å². The minimum absolute atomic E-state index is 0.0259. The van der Waals surface area contributed by atoms with Gasteiger partial charge in [-0.05, 0) is 44.4 Å². The van der Waals surface area contributed by atoms with Gasteiger partial charge in [-0.2, -0.15) is 0 Å². The largest absolute Gasteiger partial charge is 0.378 e. The highest BCUT2D eigenvalue weighted by atomic mass is 16.6. The molecular formula is C15H28N2O3. The zero-order chi connectivity index (χ0) is 13.8. The van der Waals surface area contributed by atoms with E-state index in [1.54, 1.807) is 0 Å². The standard InChI is InChI=1S/C15H28N2O3/c16-17-14(4-3-13-2-1-7-19-13)12-5-8-20-15(10-12)6-9-18-11-15/h12-14,17H,1-11,16H2. The van der Waals surface area contributed by atoms with Gasteiger partial charge in [-0.3, -0.25) is 11.3 Å². The lowest BCUT2D eigenvalue weighted by molar-refractivity contribution is -0.103. The fourth-order valence-corrected chi connectivity index (χ4v) is 3.96. The summed E-state index contributed by atoms with van der Waals surface area (Å²) in [6.07, 6.45) is 8.31. The van der Waals surface area contributed by atoms with Crippen LogP contribution in [0.25, 0.3) is 0 Å². The van der Waals surface area contributed by atoms with Crippen LogP contribution in [-0.2, 0) is 14.2 Å². The molecule has 3 N–H and O–H groups in total. The van der Waals surface area contributed by atoms with E-state index in [9.17, 15) is 0 Å². The lowest BCUT2D eigenvalue weighted by Crippen LogP contribution is -2.49. The van der Waals surface area contributed by atoms with Gasteiger partial charge < -0.3 is 14.2 Å². The molecule has 0 bridgehead atoms. The van der Waals surface area contributed by atoms with Gasteiger partial charge in [0.2, 0.25) is 0 Å². The maximum absolute atomic E-state index is 6.01. The second-order valence-electron chi connectivity index (χ2n) is 6.57. The molecule has 4 atom stereocenters. The van der Waals surface area contributed by atoms with Crippen LogP contribution in [0.5, 0.6) is 0 Å². The molecule has 3 fully saturated rings. The van der Waals surface area contributed by atoms with Crippen molar-refractivity contribution >= 4 is 0 Å². The average Bonchev–Trinajstić information content (AvgIpc) is 3.12. The summed E-state index contributed by atoms with van der Waals surface area (Å²) in [6.45, 7) is 3.37. The van der Waals surface area contributed by atoms with Gasteiger partial charge in [0.05, 0.1) is 18.3 Å². The molecule has 5 nitrogen and oxygen atoms in total. The van der Waals surface area contributed by atoms with Gasteiger partial charge in [0.15, 0.2) is 0 Å². The number of hydrogen-bond donors (Lipinski definition) is 2. The first-order chi connectivity index (χ1) is 9.81. The minimum Gasteiger partial charge on any atom is -0.378 e. The maximum atomic E-state index is 6.01. The Morgan fingerprint density at radius 2 is 2.20 bits per heavy atom. The molecular weight excluding hydrogens is 256 g/mol. The molecule has 0 aliphatic carbocycles. The summed E-state index contributed by atoms with van der Waals surface area (Å²) in [5.74, 6) is 6.41. The Bertz CT molecular complexity index is 301. The van der Waals surface area contributed by atoms with E-state index < -0.39 is 0 Å². The van der Waals surface area contributed by atoms with E-state index >= 15 is 0 Å². The number of rotatable bonds is 5.